The molecule has 8 nitrogen and oxygen atoms in total. The highest BCUT2D eigenvalue weighted by Gasteiger charge is 2.22. The van der Waals surface area contributed by atoms with Crippen LogP contribution in [-0.2, 0) is 9.53 Å². The topological polar surface area (TPSA) is 95.1 Å². The van der Waals surface area contributed by atoms with Crippen LogP contribution in [0, 0.1) is 5.92 Å². The Morgan fingerprint density at radius 2 is 1.79 bits per heavy atom. The zero-order valence-electron chi connectivity index (χ0n) is 19.7. The van der Waals surface area contributed by atoms with Gasteiger partial charge in [-0.2, -0.15) is 0 Å². The maximum atomic E-state index is 12.1. The average Bonchev–Trinajstić information content (AvgIpc) is 2.60. The van der Waals surface area contributed by atoms with E-state index in [-0.39, 0.29) is 17.9 Å². The van der Waals surface area contributed by atoms with Crippen molar-refractivity contribution in [3.8, 4) is 0 Å². The third-order valence-corrected chi connectivity index (χ3v) is 4.15. The van der Waals surface area contributed by atoms with Crippen LogP contribution < -0.4 is 16.0 Å². The van der Waals surface area contributed by atoms with E-state index in [0.717, 1.165) is 25.3 Å². The van der Waals surface area contributed by atoms with Crippen LogP contribution >= 0.6 is 0 Å². The molecule has 3 N–H and O–H groups in total. The van der Waals surface area contributed by atoms with E-state index in [9.17, 15) is 9.59 Å². The molecule has 0 bridgehead atoms. The molecule has 1 atom stereocenters. The maximum Gasteiger partial charge on any atom is 0.407 e. The van der Waals surface area contributed by atoms with E-state index < -0.39 is 11.7 Å². The van der Waals surface area contributed by atoms with Crippen LogP contribution in [0.25, 0.3) is 0 Å². The van der Waals surface area contributed by atoms with Gasteiger partial charge in [0, 0.05) is 39.1 Å². The number of amides is 2. The lowest BCUT2D eigenvalue weighted by Gasteiger charge is -2.28. The van der Waals surface area contributed by atoms with Crippen molar-refractivity contribution in [3.63, 3.8) is 0 Å². The number of carbonyl (C=O) groups is 2. The van der Waals surface area contributed by atoms with Crippen molar-refractivity contribution in [2.24, 2.45) is 10.9 Å². The molecule has 0 aliphatic carbocycles. The number of guanidine groups is 1. The summed E-state index contributed by atoms with van der Waals surface area (Å²) in [5.41, 5.74) is -0.517. The SMILES string of the molecule is CCCNC(=O)CCN=C(NCC)N(C)CCC(NC(=O)OC(C)(C)C)C(C)C. The monoisotopic (exact) mass is 413 g/mol. The number of rotatable bonds is 11. The van der Waals surface area contributed by atoms with Gasteiger partial charge in [-0.25, -0.2) is 4.79 Å². The molecule has 0 heterocycles. The van der Waals surface area contributed by atoms with E-state index in [1.165, 1.54) is 0 Å². The molecule has 170 valence electrons. The Bertz CT molecular complexity index is 515. The lowest BCUT2D eigenvalue weighted by Crippen LogP contribution is -2.45. The number of carbonyl (C=O) groups excluding carboxylic acids is 2. The van der Waals surface area contributed by atoms with Gasteiger partial charge in [-0.05, 0) is 46.5 Å². The lowest BCUT2D eigenvalue weighted by molar-refractivity contribution is -0.120. The van der Waals surface area contributed by atoms with Crippen molar-refractivity contribution in [2.45, 2.75) is 79.4 Å². The molecule has 0 aromatic rings. The fourth-order valence-corrected chi connectivity index (χ4v) is 2.56. The number of nitrogens with zero attached hydrogens (tertiary/aromatic N) is 2. The minimum absolute atomic E-state index is 0.00463. The first-order valence-electron chi connectivity index (χ1n) is 10.8. The summed E-state index contributed by atoms with van der Waals surface area (Å²) < 4.78 is 5.38. The minimum atomic E-state index is -0.517. The summed E-state index contributed by atoms with van der Waals surface area (Å²) >= 11 is 0. The summed E-state index contributed by atoms with van der Waals surface area (Å²) in [6.07, 6.45) is 1.67. The fourth-order valence-electron chi connectivity index (χ4n) is 2.56. The van der Waals surface area contributed by atoms with E-state index in [0.29, 0.717) is 26.1 Å². The normalized spacial score (nSPS) is 13.1. The molecule has 8 heteroatoms. The molecule has 0 saturated heterocycles. The van der Waals surface area contributed by atoms with Crippen LogP contribution in [-0.4, -0.2) is 67.7 Å². The Hall–Kier alpha value is -1.99. The van der Waals surface area contributed by atoms with E-state index >= 15 is 0 Å². The average molecular weight is 414 g/mol. The maximum absolute atomic E-state index is 12.1. The first-order valence-corrected chi connectivity index (χ1v) is 10.8. The van der Waals surface area contributed by atoms with Gasteiger partial charge in [0.05, 0.1) is 6.54 Å². The molecule has 0 aromatic heterocycles. The van der Waals surface area contributed by atoms with Gasteiger partial charge < -0.3 is 25.6 Å². The Morgan fingerprint density at radius 3 is 2.31 bits per heavy atom. The molecule has 2 amide bonds. The van der Waals surface area contributed by atoms with Crippen molar-refractivity contribution >= 4 is 18.0 Å². The second-order valence-corrected chi connectivity index (χ2v) is 8.54. The second-order valence-electron chi connectivity index (χ2n) is 8.54. The zero-order chi connectivity index (χ0) is 22.4. The summed E-state index contributed by atoms with van der Waals surface area (Å²) in [5.74, 6) is 1.06. The Balaban J connectivity index is 4.72. The van der Waals surface area contributed by atoms with Gasteiger partial charge in [0.15, 0.2) is 5.96 Å². The highest BCUT2D eigenvalue weighted by Crippen LogP contribution is 2.11. The summed E-state index contributed by atoms with van der Waals surface area (Å²) in [6.45, 7) is 16.4. The Labute approximate surface area is 177 Å². The quantitative estimate of drug-likeness (QED) is 0.358. The number of nitrogens with one attached hydrogen (secondary N) is 3. The number of hydrogen-bond donors (Lipinski definition) is 3. The van der Waals surface area contributed by atoms with Gasteiger partial charge in [0.1, 0.15) is 5.60 Å². The Morgan fingerprint density at radius 1 is 1.14 bits per heavy atom. The number of aliphatic imine (C=N–C) groups is 1. The summed E-state index contributed by atoms with van der Waals surface area (Å²) in [6, 6.07) is -0.00463. The molecule has 0 saturated carbocycles. The second kappa shape index (κ2) is 14.1. The van der Waals surface area contributed by atoms with Crippen molar-refractivity contribution < 1.29 is 14.3 Å². The van der Waals surface area contributed by atoms with Crippen LogP contribution in [0.3, 0.4) is 0 Å². The zero-order valence-corrected chi connectivity index (χ0v) is 19.7. The highest BCUT2D eigenvalue weighted by atomic mass is 16.6. The van der Waals surface area contributed by atoms with E-state index in [1.807, 2.05) is 46.6 Å². The third-order valence-electron chi connectivity index (χ3n) is 4.15. The summed E-state index contributed by atoms with van der Waals surface area (Å²) in [5, 5.41) is 9.09. The molecule has 0 fully saturated rings. The smallest absolute Gasteiger partial charge is 0.407 e. The van der Waals surface area contributed by atoms with Crippen LogP contribution in [0.4, 0.5) is 4.79 Å². The Kier molecular flexibility index (Phi) is 13.1. The molecule has 0 aliphatic heterocycles. The molecule has 29 heavy (non-hydrogen) atoms. The third kappa shape index (κ3) is 13.8. The number of hydrogen-bond acceptors (Lipinski definition) is 4. The van der Waals surface area contributed by atoms with Crippen molar-refractivity contribution in [3.05, 3.63) is 0 Å². The van der Waals surface area contributed by atoms with E-state index in [1.54, 1.807) is 0 Å². The predicted molar refractivity (Wildman–Crippen MR) is 119 cm³/mol. The minimum Gasteiger partial charge on any atom is -0.444 e. The van der Waals surface area contributed by atoms with Crippen LogP contribution in [0.1, 0.15) is 67.7 Å². The molecular weight excluding hydrogens is 370 g/mol. The predicted octanol–water partition coefficient (Wildman–Crippen LogP) is 2.74. The van der Waals surface area contributed by atoms with E-state index in [4.69, 9.17) is 4.74 Å². The van der Waals surface area contributed by atoms with Crippen LogP contribution in [0.15, 0.2) is 4.99 Å². The van der Waals surface area contributed by atoms with Crippen molar-refractivity contribution in [2.75, 3.05) is 33.2 Å². The lowest BCUT2D eigenvalue weighted by atomic mass is 10.0. The standard InChI is InChI=1S/C21H43N5O3/c1-9-13-23-18(27)11-14-24-19(22-10-2)26(8)15-12-17(16(3)4)25-20(28)29-21(5,6)7/h16-17H,9-15H2,1-8H3,(H,22,24)(H,23,27)(H,25,28). The first kappa shape index (κ1) is 27.0. The van der Waals surface area contributed by atoms with Crippen molar-refractivity contribution in [1.82, 2.24) is 20.9 Å². The van der Waals surface area contributed by atoms with Gasteiger partial charge in [-0.1, -0.05) is 20.8 Å². The van der Waals surface area contributed by atoms with Gasteiger partial charge in [-0.15, -0.1) is 0 Å². The molecule has 0 aromatic carbocycles. The largest absolute Gasteiger partial charge is 0.444 e. The molecule has 0 spiro atoms. The fraction of sp³-hybridized carbons (Fsp3) is 0.857. The number of ether oxygens (including phenoxy) is 1. The number of alkyl carbamates (subject to hydrolysis) is 1. The van der Waals surface area contributed by atoms with Gasteiger partial charge in [0.2, 0.25) is 5.91 Å². The van der Waals surface area contributed by atoms with Crippen LogP contribution in [0.2, 0.25) is 0 Å². The summed E-state index contributed by atoms with van der Waals surface area (Å²) in [7, 11) is 1.96. The molecule has 1 unspecified atom stereocenters. The molecule has 0 rings (SSSR count). The van der Waals surface area contributed by atoms with Gasteiger partial charge in [-0.3, -0.25) is 9.79 Å². The van der Waals surface area contributed by atoms with Crippen molar-refractivity contribution in [1.29, 1.82) is 0 Å². The van der Waals surface area contributed by atoms with E-state index in [2.05, 4.69) is 34.8 Å². The van der Waals surface area contributed by atoms with Gasteiger partial charge >= 0.3 is 6.09 Å². The van der Waals surface area contributed by atoms with Gasteiger partial charge in [0.25, 0.3) is 0 Å². The highest BCUT2D eigenvalue weighted by molar-refractivity contribution is 5.80. The van der Waals surface area contributed by atoms with Crippen LogP contribution in [0.5, 0.6) is 0 Å². The molecule has 0 radical (unpaired) electrons. The summed E-state index contributed by atoms with van der Waals surface area (Å²) in [4.78, 5) is 30.4. The molecule has 0 aliphatic rings. The first-order chi connectivity index (χ1) is 13.5. The molecular formula is C21H43N5O3.